The Labute approximate surface area is 183 Å². The van der Waals surface area contributed by atoms with Crippen molar-refractivity contribution in [3.63, 3.8) is 0 Å². The van der Waals surface area contributed by atoms with Gasteiger partial charge in [-0.1, -0.05) is 17.7 Å². The first kappa shape index (κ1) is 21.2. The Balaban J connectivity index is 1.76. The van der Waals surface area contributed by atoms with E-state index in [1.54, 1.807) is 19.9 Å². The molecule has 0 saturated heterocycles. The molecule has 3 aromatic rings. The lowest BCUT2D eigenvalue weighted by molar-refractivity contribution is 0.0814. The summed E-state index contributed by atoms with van der Waals surface area (Å²) in [6.07, 6.45) is 0. The second-order valence-corrected chi connectivity index (χ2v) is 8.61. The van der Waals surface area contributed by atoms with Crippen LogP contribution < -0.4 is 10.1 Å². The van der Waals surface area contributed by atoms with Crippen molar-refractivity contribution in [1.82, 2.24) is 20.1 Å². The quantitative estimate of drug-likeness (QED) is 0.597. The number of aromatic nitrogens is 3. The summed E-state index contributed by atoms with van der Waals surface area (Å²) in [5.41, 5.74) is 1.08. The third-order valence-corrected chi connectivity index (χ3v) is 5.34. The number of ether oxygens (including phenoxy) is 1. The zero-order chi connectivity index (χ0) is 22.5. The van der Waals surface area contributed by atoms with Gasteiger partial charge in [-0.05, 0) is 57.5 Å². The van der Waals surface area contributed by atoms with Crippen LogP contribution in [0, 0.1) is 11.6 Å². The maximum absolute atomic E-state index is 14.3. The average Bonchev–Trinajstić information content (AvgIpc) is 3.29. The summed E-state index contributed by atoms with van der Waals surface area (Å²) in [5, 5.41) is 11.4. The summed E-state index contributed by atoms with van der Waals surface area (Å²) < 4.78 is 36.2. The molecule has 0 spiro atoms. The van der Waals surface area contributed by atoms with Gasteiger partial charge >= 0.3 is 0 Å². The highest BCUT2D eigenvalue weighted by Crippen LogP contribution is 2.35. The van der Waals surface area contributed by atoms with Crippen molar-refractivity contribution in [3.05, 3.63) is 63.9 Å². The van der Waals surface area contributed by atoms with Gasteiger partial charge in [0.05, 0.1) is 0 Å². The summed E-state index contributed by atoms with van der Waals surface area (Å²) in [5.74, 6) is -1.46. The monoisotopic (exact) mass is 446 g/mol. The summed E-state index contributed by atoms with van der Waals surface area (Å²) >= 11 is 5.71. The highest BCUT2D eigenvalue weighted by molar-refractivity contribution is 6.30. The third kappa shape index (κ3) is 3.76. The first-order valence-corrected chi connectivity index (χ1v) is 10.2. The van der Waals surface area contributed by atoms with Crippen LogP contribution in [0.3, 0.4) is 0 Å². The van der Waals surface area contributed by atoms with E-state index in [2.05, 4.69) is 15.5 Å². The Kier molecular flexibility index (Phi) is 5.21. The summed E-state index contributed by atoms with van der Waals surface area (Å²) in [7, 11) is 0. The second kappa shape index (κ2) is 7.60. The fourth-order valence-corrected chi connectivity index (χ4v) is 3.88. The van der Waals surface area contributed by atoms with E-state index in [1.807, 2.05) is 30.5 Å². The van der Waals surface area contributed by atoms with Crippen molar-refractivity contribution < 1.29 is 18.3 Å². The van der Waals surface area contributed by atoms with E-state index in [0.717, 1.165) is 23.3 Å². The topological polar surface area (TPSA) is 69.0 Å². The number of amides is 1. The predicted octanol–water partition coefficient (Wildman–Crippen LogP) is 5.02. The summed E-state index contributed by atoms with van der Waals surface area (Å²) in [6, 6.07) is 7.38. The van der Waals surface area contributed by atoms with Gasteiger partial charge in [-0.3, -0.25) is 4.79 Å². The maximum atomic E-state index is 14.3. The molecule has 0 saturated carbocycles. The van der Waals surface area contributed by atoms with Crippen molar-refractivity contribution in [2.45, 2.75) is 45.9 Å². The van der Waals surface area contributed by atoms with Crippen molar-refractivity contribution in [3.8, 4) is 17.1 Å². The maximum Gasteiger partial charge on any atom is 0.251 e. The molecule has 1 aliphatic rings. The molecule has 0 fully saturated rings. The van der Waals surface area contributed by atoms with Crippen LogP contribution >= 0.6 is 11.6 Å². The van der Waals surface area contributed by atoms with Crippen LogP contribution in [0.15, 0.2) is 30.3 Å². The van der Waals surface area contributed by atoms with Gasteiger partial charge in [-0.15, -0.1) is 10.2 Å². The molecule has 0 radical (unpaired) electrons. The Hall–Kier alpha value is -3.00. The number of benzene rings is 2. The number of rotatable bonds is 5. The molecule has 2 aromatic carbocycles. The Morgan fingerprint density at radius 3 is 2.48 bits per heavy atom. The Bertz CT molecular complexity index is 1170. The number of fused-ring (bicyclic) bond motifs is 1. The van der Waals surface area contributed by atoms with Crippen LogP contribution in [-0.2, 0) is 12.1 Å². The molecule has 1 aliphatic heterocycles. The fraction of sp³-hybridized carbons (Fsp3) is 0.318. The number of carbonyl (C=O) groups excluding carboxylic acids is 1. The van der Waals surface area contributed by atoms with E-state index in [1.165, 1.54) is 0 Å². The molecule has 0 aliphatic carbocycles. The second-order valence-electron chi connectivity index (χ2n) is 8.18. The average molecular weight is 447 g/mol. The standard InChI is InChI=1S/C22H21ClF2N4O2/c1-11(2)29-19(12-5-6-15-13(7-12)10-26-20(15)30)27-28-21(29)22(3,4)31-18-16(24)8-14(23)9-17(18)25/h5-9,11H,10H2,1-4H3,(H,26,30). The van der Waals surface area contributed by atoms with E-state index in [9.17, 15) is 13.6 Å². The van der Waals surface area contributed by atoms with E-state index >= 15 is 0 Å². The zero-order valence-electron chi connectivity index (χ0n) is 17.5. The van der Waals surface area contributed by atoms with Crippen molar-refractivity contribution in [1.29, 1.82) is 0 Å². The number of nitrogens with one attached hydrogen (secondary N) is 1. The molecule has 1 amide bonds. The third-order valence-electron chi connectivity index (χ3n) is 5.12. The molecule has 0 bridgehead atoms. The molecular weight excluding hydrogens is 426 g/mol. The van der Waals surface area contributed by atoms with E-state index in [0.29, 0.717) is 23.8 Å². The number of nitrogens with zero attached hydrogens (tertiary/aromatic N) is 3. The van der Waals surface area contributed by atoms with Crippen LogP contribution in [0.4, 0.5) is 8.78 Å². The number of carbonyl (C=O) groups is 1. The highest BCUT2D eigenvalue weighted by Gasteiger charge is 2.34. The van der Waals surface area contributed by atoms with Gasteiger partial charge in [0, 0.05) is 28.7 Å². The molecule has 1 aromatic heterocycles. The first-order valence-electron chi connectivity index (χ1n) is 9.79. The summed E-state index contributed by atoms with van der Waals surface area (Å²) in [4.78, 5) is 11.8. The van der Waals surface area contributed by atoms with Gasteiger partial charge in [-0.25, -0.2) is 8.78 Å². The van der Waals surface area contributed by atoms with Crippen molar-refractivity contribution in [2.24, 2.45) is 0 Å². The first-order chi connectivity index (χ1) is 14.6. The lowest BCUT2D eigenvalue weighted by Crippen LogP contribution is -2.31. The lowest BCUT2D eigenvalue weighted by atomic mass is 10.0. The van der Waals surface area contributed by atoms with E-state index < -0.39 is 23.0 Å². The molecule has 1 N–H and O–H groups in total. The van der Waals surface area contributed by atoms with Gasteiger partial charge in [0.15, 0.2) is 34.6 Å². The Morgan fingerprint density at radius 1 is 1.16 bits per heavy atom. The molecule has 6 nitrogen and oxygen atoms in total. The smallest absolute Gasteiger partial charge is 0.251 e. The minimum Gasteiger partial charge on any atom is -0.474 e. The van der Waals surface area contributed by atoms with Gasteiger partial charge < -0.3 is 14.6 Å². The number of hydrogen-bond acceptors (Lipinski definition) is 4. The van der Waals surface area contributed by atoms with Crippen molar-refractivity contribution in [2.75, 3.05) is 0 Å². The zero-order valence-corrected chi connectivity index (χ0v) is 18.2. The minimum atomic E-state index is -1.21. The fourth-order valence-electron chi connectivity index (χ4n) is 3.69. The number of halogens is 3. The molecule has 4 rings (SSSR count). The van der Waals surface area contributed by atoms with Crippen LogP contribution in [0.5, 0.6) is 5.75 Å². The molecular formula is C22H21ClF2N4O2. The molecule has 2 heterocycles. The normalized spacial score (nSPS) is 13.5. The van der Waals surface area contributed by atoms with Crippen LogP contribution in [0.1, 0.15) is 55.5 Å². The van der Waals surface area contributed by atoms with Gasteiger partial charge in [-0.2, -0.15) is 0 Å². The molecule has 162 valence electrons. The van der Waals surface area contributed by atoms with E-state index in [4.69, 9.17) is 16.3 Å². The SMILES string of the molecule is CC(C)n1c(-c2ccc3c(c2)CNC3=O)nnc1C(C)(C)Oc1c(F)cc(Cl)cc1F. The van der Waals surface area contributed by atoms with Crippen molar-refractivity contribution >= 4 is 17.5 Å². The van der Waals surface area contributed by atoms with Gasteiger partial charge in [0.2, 0.25) is 0 Å². The number of hydrogen-bond donors (Lipinski definition) is 1. The van der Waals surface area contributed by atoms with Crippen LogP contribution in [0.2, 0.25) is 5.02 Å². The predicted molar refractivity (Wildman–Crippen MR) is 112 cm³/mol. The largest absolute Gasteiger partial charge is 0.474 e. The molecule has 0 atom stereocenters. The Morgan fingerprint density at radius 2 is 1.84 bits per heavy atom. The van der Waals surface area contributed by atoms with Gasteiger partial charge in [0.1, 0.15) is 0 Å². The van der Waals surface area contributed by atoms with Crippen LogP contribution in [0.25, 0.3) is 11.4 Å². The minimum absolute atomic E-state index is 0.0580. The highest BCUT2D eigenvalue weighted by atomic mass is 35.5. The molecule has 31 heavy (non-hydrogen) atoms. The van der Waals surface area contributed by atoms with Gasteiger partial charge in [0.25, 0.3) is 5.91 Å². The van der Waals surface area contributed by atoms with Crippen LogP contribution in [-0.4, -0.2) is 20.7 Å². The molecule has 0 unspecified atom stereocenters. The van der Waals surface area contributed by atoms with E-state index in [-0.39, 0.29) is 17.0 Å². The lowest BCUT2D eigenvalue weighted by Gasteiger charge is -2.28. The molecule has 9 heteroatoms. The summed E-state index contributed by atoms with van der Waals surface area (Å²) in [6.45, 7) is 7.69.